The quantitative estimate of drug-likeness (QED) is 0.103. The summed E-state index contributed by atoms with van der Waals surface area (Å²) in [5.74, 6) is 6.30. The lowest BCUT2D eigenvalue weighted by atomic mass is 9.73. The molecule has 2 aromatic carbocycles. The fourth-order valence-electron chi connectivity index (χ4n) is 6.68. The van der Waals surface area contributed by atoms with Crippen LogP contribution < -0.4 is 10.1 Å². The van der Waals surface area contributed by atoms with Crippen LogP contribution in [0.1, 0.15) is 92.9 Å². The van der Waals surface area contributed by atoms with Gasteiger partial charge in [0, 0.05) is 54.8 Å². The lowest BCUT2D eigenvalue weighted by Crippen LogP contribution is -2.33. The van der Waals surface area contributed by atoms with E-state index in [1.54, 1.807) is 12.1 Å². The van der Waals surface area contributed by atoms with Crippen molar-refractivity contribution >= 4 is 17.5 Å². The summed E-state index contributed by atoms with van der Waals surface area (Å²) in [6, 6.07) is 11.0. The van der Waals surface area contributed by atoms with Gasteiger partial charge in [0.05, 0.1) is 63.0 Å². The molecule has 1 aliphatic heterocycles. The summed E-state index contributed by atoms with van der Waals surface area (Å²) in [7, 11) is 0. The van der Waals surface area contributed by atoms with Crippen molar-refractivity contribution in [3.8, 4) is 17.6 Å². The average molecular weight is 738 g/mol. The maximum Gasteiger partial charge on any atom is 0.254 e. The molecule has 1 fully saturated rings. The van der Waals surface area contributed by atoms with Crippen LogP contribution in [-0.4, -0.2) is 90.7 Å². The van der Waals surface area contributed by atoms with Gasteiger partial charge < -0.3 is 29.2 Å². The van der Waals surface area contributed by atoms with E-state index in [1.165, 1.54) is 6.07 Å². The molecule has 10 nitrogen and oxygen atoms in total. The Morgan fingerprint density at radius 3 is 2.58 bits per heavy atom. The predicted molar refractivity (Wildman–Crippen MR) is 199 cm³/mol. The lowest BCUT2D eigenvalue weighted by Gasteiger charge is -2.35. The molecular formula is C40H53ClFN5O5. The van der Waals surface area contributed by atoms with E-state index in [0.717, 1.165) is 80.4 Å². The fourth-order valence-corrected chi connectivity index (χ4v) is 6.84. The monoisotopic (exact) mass is 737 g/mol. The van der Waals surface area contributed by atoms with Gasteiger partial charge in [0.25, 0.3) is 5.91 Å². The van der Waals surface area contributed by atoms with Crippen molar-refractivity contribution < 1.29 is 28.1 Å². The van der Waals surface area contributed by atoms with Crippen LogP contribution in [0.15, 0.2) is 42.6 Å². The van der Waals surface area contributed by atoms with Crippen molar-refractivity contribution in [2.45, 2.75) is 96.4 Å². The van der Waals surface area contributed by atoms with Gasteiger partial charge in [0.15, 0.2) is 11.6 Å². The topological polar surface area (TPSA) is 100.0 Å². The second-order valence-corrected chi connectivity index (χ2v) is 14.3. The van der Waals surface area contributed by atoms with Gasteiger partial charge in [-0.05, 0) is 74.9 Å². The molecule has 2 aliphatic rings. The van der Waals surface area contributed by atoms with E-state index < -0.39 is 5.82 Å². The SMILES string of the molecule is CCCC(C)N1Cc2cc(C#CCCNCCOCCOCCOCCn3cc(C4(C)CCC(Oc5cccc(Cl)c5F)CC4)nn3)ccc2C1=O. The first kappa shape index (κ1) is 39.7. The van der Waals surface area contributed by atoms with Crippen LogP contribution >= 0.6 is 11.6 Å². The van der Waals surface area contributed by atoms with Gasteiger partial charge in [-0.1, -0.05) is 55.0 Å². The van der Waals surface area contributed by atoms with Crippen molar-refractivity contribution in [2.24, 2.45) is 0 Å². The molecule has 1 aliphatic carbocycles. The van der Waals surface area contributed by atoms with Gasteiger partial charge >= 0.3 is 0 Å². The largest absolute Gasteiger partial charge is 0.487 e. The van der Waals surface area contributed by atoms with E-state index in [-0.39, 0.29) is 34.2 Å². The number of benzene rings is 2. The highest BCUT2D eigenvalue weighted by atomic mass is 35.5. The fraction of sp³-hybridized carbons (Fsp3) is 0.575. The molecule has 5 rings (SSSR count). The number of aromatic nitrogens is 3. The second kappa shape index (κ2) is 20.1. The molecule has 3 aromatic rings. The molecule has 0 saturated heterocycles. The van der Waals surface area contributed by atoms with Crippen molar-refractivity contribution in [1.29, 1.82) is 0 Å². The molecule has 1 saturated carbocycles. The van der Waals surface area contributed by atoms with Crippen molar-refractivity contribution in [3.63, 3.8) is 0 Å². The third kappa shape index (κ3) is 11.2. The Hall–Kier alpha value is -3.53. The number of hydrogen-bond donors (Lipinski definition) is 1. The lowest BCUT2D eigenvalue weighted by molar-refractivity contribution is 0.0133. The van der Waals surface area contributed by atoms with E-state index in [4.69, 9.17) is 30.5 Å². The summed E-state index contributed by atoms with van der Waals surface area (Å²) in [4.78, 5) is 14.7. The number of nitrogens with zero attached hydrogens (tertiary/aromatic N) is 4. The molecule has 1 unspecified atom stereocenters. The first-order valence-corrected chi connectivity index (χ1v) is 19.0. The van der Waals surface area contributed by atoms with Gasteiger partial charge in [-0.15, -0.1) is 5.10 Å². The molecule has 2 heterocycles. The maximum atomic E-state index is 14.2. The Morgan fingerprint density at radius 1 is 1.06 bits per heavy atom. The molecule has 12 heteroatoms. The van der Waals surface area contributed by atoms with E-state index in [1.807, 2.05) is 27.9 Å². The molecule has 282 valence electrons. The first-order valence-electron chi connectivity index (χ1n) is 18.7. The zero-order chi connectivity index (χ0) is 36.8. The minimum Gasteiger partial charge on any atom is -0.487 e. The normalized spacial score (nSPS) is 19.0. The highest BCUT2D eigenvalue weighted by Gasteiger charge is 2.36. The number of carbonyl (C=O) groups is 1. The third-order valence-electron chi connectivity index (χ3n) is 9.87. The van der Waals surface area contributed by atoms with Crippen LogP contribution in [0.4, 0.5) is 4.39 Å². The molecule has 0 bridgehead atoms. The Labute approximate surface area is 312 Å². The smallest absolute Gasteiger partial charge is 0.254 e. The summed E-state index contributed by atoms with van der Waals surface area (Å²) in [6.07, 6.45) is 8.13. The van der Waals surface area contributed by atoms with Crippen LogP contribution in [0.2, 0.25) is 5.02 Å². The second-order valence-electron chi connectivity index (χ2n) is 13.9. The highest BCUT2D eigenvalue weighted by molar-refractivity contribution is 6.30. The number of ether oxygens (including phenoxy) is 4. The van der Waals surface area contributed by atoms with Gasteiger partial charge in [-0.2, -0.15) is 0 Å². The van der Waals surface area contributed by atoms with Crippen molar-refractivity contribution in [1.82, 2.24) is 25.2 Å². The van der Waals surface area contributed by atoms with Crippen LogP contribution in [0.3, 0.4) is 0 Å². The molecule has 1 aromatic heterocycles. The number of halogens is 2. The zero-order valence-corrected chi connectivity index (χ0v) is 31.6. The number of carbonyl (C=O) groups excluding carboxylic acids is 1. The summed E-state index contributed by atoms with van der Waals surface area (Å²) >= 11 is 5.90. The van der Waals surface area contributed by atoms with Crippen LogP contribution in [-0.2, 0) is 32.7 Å². The van der Waals surface area contributed by atoms with E-state index in [9.17, 15) is 9.18 Å². The Kier molecular flexibility index (Phi) is 15.3. The van der Waals surface area contributed by atoms with Gasteiger partial charge in [-0.25, -0.2) is 9.07 Å². The first-order chi connectivity index (χ1) is 25.3. The summed E-state index contributed by atoms with van der Waals surface area (Å²) in [5, 5.41) is 12.2. The standard InChI is InChI=1S/C40H53ClFN5O5/c1-4-8-30(2)47-28-32-27-31(12-13-34(32)39(47)48)9-5-6-18-43-19-21-49-23-25-51-26-24-50-22-20-46-29-37(44-45-46)40(3)16-14-33(15-17-40)52-36-11-7-10-35(41)38(36)42/h7,10-13,27,29-30,33,43H,4,6,8,14-26,28H2,1-3H3. The highest BCUT2D eigenvalue weighted by Crippen LogP contribution is 2.39. The average Bonchev–Trinajstić information content (AvgIpc) is 3.76. The van der Waals surface area contributed by atoms with Crippen LogP contribution in [0.25, 0.3) is 0 Å². The summed E-state index contributed by atoms with van der Waals surface area (Å²) in [6.45, 7) is 12.5. The van der Waals surface area contributed by atoms with E-state index >= 15 is 0 Å². The number of nitrogens with one attached hydrogen (secondary N) is 1. The molecule has 52 heavy (non-hydrogen) atoms. The summed E-state index contributed by atoms with van der Waals surface area (Å²) in [5.41, 5.74) is 3.70. The Bertz CT molecular complexity index is 1650. The minimum absolute atomic E-state index is 0.0539. The van der Waals surface area contributed by atoms with Crippen LogP contribution in [0, 0.1) is 17.7 Å². The van der Waals surface area contributed by atoms with Crippen LogP contribution in [0.5, 0.6) is 5.75 Å². The number of amides is 1. The Morgan fingerprint density at radius 2 is 1.81 bits per heavy atom. The van der Waals surface area contributed by atoms with Gasteiger partial charge in [0.2, 0.25) is 0 Å². The Balaban J connectivity index is 0.839. The molecule has 1 atom stereocenters. The van der Waals surface area contributed by atoms with E-state index in [0.29, 0.717) is 52.7 Å². The zero-order valence-electron chi connectivity index (χ0n) is 30.8. The number of rotatable bonds is 20. The maximum absolute atomic E-state index is 14.2. The summed E-state index contributed by atoms with van der Waals surface area (Å²) < 4.78 is 39.0. The minimum atomic E-state index is -0.505. The van der Waals surface area contributed by atoms with Crippen molar-refractivity contribution in [3.05, 3.63) is 75.8 Å². The third-order valence-corrected chi connectivity index (χ3v) is 10.2. The number of fused-ring (bicyclic) bond motifs is 1. The number of hydrogen-bond acceptors (Lipinski definition) is 8. The van der Waals surface area contributed by atoms with Gasteiger partial charge in [0.1, 0.15) is 0 Å². The van der Waals surface area contributed by atoms with E-state index in [2.05, 4.69) is 54.3 Å². The molecule has 1 amide bonds. The molecule has 1 N–H and O–H groups in total. The molecule has 0 spiro atoms. The molecule has 0 radical (unpaired) electrons. The predicted octanol–water partition coefficient (Wildman–Crippen LogP) is 6.58. The molecular weight excluding hydrogens is 685 g/mol. The van der Waals surface area contributed by atoms with Crippen molar-refractivity contribution in [2.75, 3.05) is 52.7 Å². The van der Waals surface area contributed by atoms with Gasteiger partial charge in [-0.3, -0.25) is 4.79 Å².